The van der Waals surface area contributed by atoms with Crippen LogP contribution in [-0.2, 0) is 11.3 Å². The van der Waals surface area contributed by atoms with Crippen LogP contribution in [0.25, 0.3) is 0 Å². The van der Waals surface area contributed by atoms with Crippen LogP contribution in [0.5, 0.6) is 0 Å². The first-order valence-corrected chi connectivity index (χ1v) is 5.36. The molecule has 0 bridgehead atoms. The highest BCUT2D eigenvalue weighted by atomic mass is 16.5. The van der Waals surface area contributed by atoms with Crippen molar-refractivity contribution in [1.82, 2.24) is 14.8 Å². The van der Waals surface area contributed by atoms with Gasteiger partial charge in [-0.25, -0.2) is 0 Å². The summed E-state index contributed by atoms with van der Waals surface area (Å²) in [5.74, 6) is 1.54. The zero-order valence-corrected chi connectivity index (χ0v) is 8.81. The summed E-state index contributed by atoms with van der Waals surface area (Å²) in [6.07, 6.45) is 4.28. The van der Waals surface area contributed by atoms with Gasteiger partial charge in [-0.1, -0.05) is 6.92 Å². The molecule has 1 aliphatic heterocycles. The summed E-state index contributed by atoms with van der Waals surface area (Å²) >= 11 is 0. The quantitative estimate of drug-likeness (QED) is 0.735. The third-order valence-corrected chi connectivity index (χ3v) is 2.93. The zero-order chi connectivity index (χ0) is 9.97. The summed E-state index contributed by atoms with van der Waals surface area (Å²) in [5, 5.41) is 8.16. The Morgan fingerprint density at radius 3 is 3.14 bits per heavy atom. The standard InChI is InChI=1S/C10H17N3O/c1-3-9-8(5-6-14-9)10-12-11-7-13(10)4-2/h7-9H,3-6H2,1-2H3. The van der Waals surface area contributed by atoms with Gasteiger partial charge in [-0.05, 0) is 19.8 Å². The molecule has 0 aliphatic carbocycles. The maximum Gasteiger partial charge on any atom is 0.138 e. The lowest BCUT2D eigenvalue weighted by atomic mass is 9.99. The predicted molar refractivity (Wildman–Crippen MR) is 53.1 cm³/mol. The average molecular weight is 195 g/mol. The molecule has 0 saturated carbocycles. The molecule has 1 saturated heterocycles. The Hall–Kier alpha value is -0.900. The molecule has 2 rings (SSSR count). The van der Waals surface area contributed by atoms with Crippen molar-refractivity contribution in [2.75, 3.05) is 6.61 Å². The van der Waals surface area contributed by atoms with Crippen LogP contribution in [-0.4, -0.2) is 27.5 Å². The summed E-state index contributed by atoms with van der Waals surface area (Å²) in [4.78, 5) is 0. The fourth-order valence-corrected chi connectivity index (χ4v) is 2.14. The van der Waals surface area contributed by atoms with E-state index in [0.717, 1.165) is 31.8 Å². The summed E-state index contributed by atoms with van der Waals surface area (Å²) in [6.45, 7) is 6.08. The number of rotatable bonds is 3. The minimum absolute atomic E-state index is 0.337. The molecular formula is C10H17N3O. The Bertz CT molecular complexity index is 297. The van der Waals surface area contributed by atoms with Crippen LogP contribution < -0.4 is 0 Å². The molecule has 78 valence electrons. The molecule has 1 aromatic heterocycles. The third-order valence-electron chi connectivity index (χ3n) is 2.93. The fraction of sp³-hybridized carbons (Fsp3) is 0.800. The maximum atomic E-state index is 5.66. The molecule has 1 aliphatic rings. The van der Waals surface area contributed by atoms with Gasteiger partial charge in [-0.2, -0.15) is 0 Å². The normalized spacial score (nSPS) is 27.0. The lowest BCUT2D eigenvalue weighted by Crippen LogP contribution is -2.17. The average Bonchev–Trinajstić information content (AvgIpc) is 2.85. The number of nitrogens with zero attached hydrogens (tertiary/aromatic N) is 3. The second kappa shape index (κ2) is 4.09. The Labute approximate surface area is 84.3 Å². The Balaban J connectivity index is 2.21. The van der Waals surface area contributed by atoms with Crippen LogP contribution in [0.15, 0.2) is 6.33 Å². The van der Waals surface area contributed by atoms with E-state index >= 15 is 0 Å². The lowest BCUT2D eigenvalue weighted by molar-refractivity contribution is 0.0988. The van der Waals surface area contributed by atoms with Crippen molar-refractivity contribution in [3.05, 3.63) is 12.2 Å². The molecule has 4 nitrogen and oxygen atoms in total. The second-order valence-corrected chi connectivity index (χ2v) is 3.69. The fourth-order valence-electron chi connectivity index (χ4n) is 2.14. The van der Waals surface area contributed by atoms with Gasteiger partial charge in [0, 0.05) is 19.1 Å². The maximum absolute atomic E-state index is 5.66. The first-order valence-electron chi connectivity index (χ1n) is 5.36. The van der Waals surface area contributed by atoms with Crippen LogP contribution in [0.2, 0.25) is 0 Å². The van der Waals surface area contributed by atoms with E-state index in [2.05, 4.69) is 28.6 Å². The monoisotopic (exact) mass is 195 g/mol. The van der Waals surface area contributed by atoms with Crippen LogP contribution in [0.1, 0.15) is 38.4 Å². The van der Waals surface area contributed by atoms with Gasteiger partial charge in [0.25, 0.3) is 0 Å². The largest absolute Gasteiger partial charge is 0.377 e. The first-order chi connectivity index (χ1) is 6.86. The minimum atomic E-state index is 0.337. The number of aromatic nitrogens is 3. The van der Waals surface area contributed by atoms with E-state index in [0.29, 0.717) is 12.0 Å². The number of ether oxygens (including phenoxy) is 1. The van der Waals surface area contributed by atoms with Crippen LogP contribution >= 0.6 is 0 Å². The van der Waals surface area contributed by atoms with Crippen molar-refractivity contribution < 1.29 is 4.74 Å². The van der Waals surface area contributed by atoms with Crippen LogP contribution in [0.4, 0.5) is 0 Å². The van der Waals surface area contributed by atoms with Gasteiger partial charge < -0.3 is 9.30 Å². The van der Waals surface area contributed by atoms with E-state index in [4.69, 9.17) is 4.74 Å². The molecule has 4 heteroatoms. The molecule has 0 aromatic carbocycles. The van der Waals surface area contributed by atoms with Crippen molar-refractivity contribution >= 4 is 0 Å². The van der Waals surface area contributed by atoms with E-state index in [1.54, 1.807) is 6.33 Å². The van der Waals surface area contributed by atoms with Gasteiger partial charge in [0.05, 0.1) is 6.10 Å². The number of hydrogen-bond acceptors (Lipinski definition) is 3. The van der Waals surface area contributed by atoms with E-state index in [-0.39, 0.29) is 0 Å². The molecular weight excluding hydrogens is 178 g/mol. The van der Waals surface area contributed by atoms with Crippen molar-refractivity contribution in [2.45, 2.75) is 45.3 Å². The lowest BCUT2D eigenvalue weighted by Gasteiger charge is -2.16. The highest BCUT2D eigenvalue weighted by Gasteiger charge is 2.31. The van der Waals surface area contributed by atoms with Gasteiger partial charge >= 0.3 is 0 Å². The molecule has 0 radical (unpaired) electrons. The van der Waals surface area contributed by atoms with Gasteiger partial charge in [0.2, 0.25) is 0 Å². The molecule has 1 fully saturated rings. The molecule has 2 atom stereocenters. The highest BCUT2D eigenvalue weighted by molar-refractivity contribution is 5.02. The molecule has 0 amide bonds. The first kappa shape index (κ1) is 9.65. The number of aryl methyl sites for hydroxylation is 1. The Morgan fingerprint density at radius 1 is 1.57 bits per heavy atom. The second-order valence-electron chi connectivity index (χ2n) is 3.69. The van der Waals surface area contributed by atoms with Gasteiger partial charge in [-0.3, -0.25) is 0 Å². The molecule has 1 aromatic rings. The number of hydrogen-bond donors (Lipinski definition) is 0. The molecule has 14 heavy (non-hydrogen) atoms. The van der Waals surface area contributed by atoms with Crippen LogP contribution in [0, 0.1) is 0 Å². The SMILES string of the molecule is CCC1OCCC1c1nncn1CC. The van der Waals surface area contributed by atoms with Gasteiger partial charge in [0.1, 0.15) is 12.2 Å². The van der Waals surface area contributed by atoms with Crippen LogP contribution in [0.3, 0.4) is 0 Å². The summed E-state index contributed by atoms with van der Waals surface area (Å²) in [7, 11) is 0. The van der Waals surface area contributed by atoms with Crippen molar-refractivity contribution in [1.29, 1.82) is 0 Å². The molecule has 0 N–H and O–H groups in total. The molecule has 0 spiro atoms. The van der Waals surface area contributed by atoms with E-state index in [9.17, 15) is 0 Å². The topological polar surface area (TPSA) is 39.9 Å². The van der Waals surface area contributed by atoms with Crippen molar-refractivity contribution in [3.8, 4) is 0 Å². The van der Waals surface area contributed by atoms with Crippen molar-refractivity contribution in [3.63, 3.8) is 0 Å². The highest BCUT2D eigenvalue weighted by Crippen LogP contribution is 2.31. The van der Waals surface area contributed by atoms with Gasteiger partial charge in [0.15, 0.2) is 0 Å². The summed E-state index contributed by atoms with van der Waals surface area (Å²) in [5.41, 5.74) is 0. The molecule has 2 heterocycles. The predicted octanol–water partition coefficient (Wildman–Crippen LogP) is 1.58. The minimum Gasteiger partial charge on any atom is -0.377 e. The van der Waals surface area contributed by atoms with Gasteiger partial charge in [-0.15, -0.1) is 10.2 Å². The summed E-state index contributed by atoms with van der Waals surface area (Å²) < 4.78 is 7.77. The third kappa shape index (κ3) is 1.54. The molecule has 2 unspecified atom stereocenters. The Morgan fingerprint density at radius 2 is 2.43 bits per heavy atom. The zero-order valence-electron chi connectivity index (χ0n) is 8.81. The summed E-state index contributed by atoms with van der Waals surface area (Å²) in [6, 6.07) is 0. The Kier molecular flexibility index (Phi) is 2.82. The van der Waals surface area contributed by atoms with E-state index in [1.165, 1.54) is 0 Å². The van der Waals surface area contributed by atoms with E-state index < -0.39 is 0 Å². The van der Waals surface area contributed by atoms with E-state index in [1.807, 2.05) is 0 Å². The van der Waals surface area contributed by atoms with Crippen molar-refractivity contribution in [2.24, 2.45) is 0 Å². The smallest absolute Gasteiger partial charge is 0.138 e.